The van der Waals surface area contributed by atoms with E-state index in [4.69, 9.17) is 9.84 Å². The summed E-state index contributed by atoms with van der Waals surface area (Å²) in [6.45, 7) is 3.02. The van der Waals surface area contributed by atoms with Gasteiger partial charge in [-0.3, -0.25) is 14.3 Å². The fourth-order valence-corrected chi connectivity index (χ4v) is 2.84. The van der Waals surface area contributed by atoms with Gasteiger partial charge in [-0.05, 0) is 12.1 Å². The minimum atomic E-state index is -0.783. The van der Waals surface area contributed by atoms with E-state index in [-0.39, 0.29) is 6.54 Å². The first-order valence-corrected chi connectivity index (χ1v) is 7.55. The fourth-order valence-electron chi connectivity index (χ4n) is 2.84. The third kappa shape index (κ3) is 3.29. The predicted molar refractivity (Wildman–Crippen MR) is 86.4 cm³/mol. The summed E-state index contributed by atoms with van der Waals surface area (Å²) in [6.07, 6.45) is 3.68. The SMILES string of the molecule is COc1ccccc1-n1ccnc1N1CCN(CC(=O)O)CC1. The van der Waals surface area contributed by atoms with Crippen LogP contribution in [0.25, 0.3) is 5.69 Å². The second-order valence-electron chi connectivity index (χ2n) is 5.43. The Morgan fingerprint density at radius 3 is 2.70 bits per heavy atom. The number of carboxylic acids is 1. The number of anilines is 1. The molecule has 1 aromatic carbocycles. The quantitative estimate of drug-likeness (QED) is 0.890. The molecule has 1 aliphatic heterocycles. The van der Waals surface area contributed by atoms with Crippen LogP contribution in [-0.2, 0) is 4.79 Å². The molecule has 0 spiro atoms. The lowest BCUT2D eigenvalue weighted by atomic mass is 10.3. The number of hydrogen-bond donors (Lipinski definition) is 1. The van der Waals surface area contributed by atoms with Crippen molar-refractivity contribution in [3.63, 3.8) is 0 Å². The number of aliphatic carboxylic acids is 1. The average Bonchev–Trinajstić information content (AvgIpc) is 3.04. The standard InChI is InChI=1S/C16H20N4O3/c1-23-14-5-3-2-4-13(14)20-7-6-17-16(20)19-10-8-18(9-11-19)12-15(21)22/h2-7H,8-12H2,1H3,(H,21,22). The van der Waals surface area contributed by atoms with E-state index in [1.54, 1.807) is 13.3 Å². The highest BCUT2D eigenvalue weighted by Crippen LogP contribution is 2.26. The molecule has 2 heterocycles. The van der Waals surface area contributed by atoms with Crippen molar-refractivity contribution in [2.45, 2.75) is 0 Å². The zero-order chi connectivity index (χ0) is 16.2. The van der Waals surface area contributed by atoms with E-state index in [9.17, 15) is 4.79 Å². The first-order valence-electron chi connectivity index (χ1n) is 7.55. The molecule has 1 aliphatic rings. The van der Waals surface area contributed by atoms with Gasteiger partial charge in [-0.25, -0.2) is 4.98 Å². The third-order valence-corrected chi connectivity index (χ3v) is 3.98. The summed E-state index contributed by atoms with van der Waals surface area (Å²) in [5.41, 5.74) is 0.940. The van der Waals surface area contributed by atoms with Crippen LogP contribution in [0.2, 0.25) is 0 Å². The highest BCUT2D eigenvalue weighted by Gasteiger charge is 2.22. The maximum Gasteiger partial charge on any atom is 0.317 e. The number of imidazole rings is 1. The molecule has 0 aliphatic carbocycles. The largest absolute Gasteiger partial charge is 0.495 e. The average molecular weight is 316 g/mol. The van der Waals surface area contributed by atoms with Crippen LogP contribution in [0, 0.1) is 0 Å². The summed E-state index contributed by atoms with van der Waals surface area (Å²) in [7, 11) is 1.65. The minimum Gasteiger partial charge on any atom is -0.495 e. The molecule has 0 saturated carbocycles. The lowest BCUT2D eigenvalue weighted by molar-refractivity contribution is -0.138. The zero-order valence-electron chi connectivity index (χ0n) is 13.1. The minimum absolute atomic E-state index is 0.0921. The maximum absolute atomic E-state index is 10.8. The van der Waals surface area contributed by atoms with Crippen LogP contribution < -0.4 is 9.64 Å². The van der Waals surface area contributed by atoms with Crippen molar-refractivity contribution in [1.82, 2.24) is 14.5 Å². The number of aromatic nitrogens is 2. The topological polar surface area (TPSA) is 70.8 Å². The summed E-state index contributed by atoms with van der Waals surface area (Å²) in [6, 6.07) is 7.81. The van der Waals surface area contributed by atoms with Crippen LogP contribution in [-0.4, -0.2) is 65.4 Å². The molecular weight excluding hydrogens is 296 g/mol. The molecule has 23 heavy (non-hydrogen) atoms. The predicted octanol–water partition coefficient (Wildman–Crippen LogP) is 1.09. The second-order valence-corrected chi connectivity index (χ2v) is 5.43. The fraction of sp³-hybridized carbons (Fsp3) is 0.375. The number of methoxy groups -OCH3 is 1. The lowest BCUT2D eigenvalue weighted by Crippen LogP contribution is -2.48. The summed E-state index contributed by atoms with van der Waals surface area (Å²) in [4.78, 5) is 19.4. The summed E-state index contributed by atoms with van der Waals surface area (Å²) >= 11 is 0. The highest BCUT2D eigenvalue weighted by molar-refractivity contribution is 5.69. The Morgan fingerprint density at radius 1 is 1.26 bits per heavy atom. The smallest absolute Gasteiger partial charge is 0.317 e. The van der Waals surface area contributed by atoms with Crippen LogP contribution in [0.15, 0.2) is 36.7 Å². The van der Waals surface area contributed by atoms with E-state index in [1.807, 2.05) is 39.9 Å². The Balaban J connectivity index is 1.78. The van der Waals surface area contributed by atoms with Gasteiger partial charge in [0.05, 0.1) is 19.3 Å². The summed E-state index contributed by atoms with van der Waals surface area (Å²) in [5.74, 6) is 0.856. The van der Waals surface area contributed by atoms with Crippen LogP contribution >= 0.6 is 0 Å². The van der Waals surface area contributed by atoms with Gasteiger partial charge in [-0.1, -0.05) is 12.1 Å². The second kappa shape index (κ2) is 6.70. The van der Waals surface area contributed by atoms with E-state index < -0.39 is 5.97 Å². The van der Waals surface area contributed by atoms with Crippen LogP contribution in [0.1, 0.15) is 0 Å². The molecule has 1 N–H and O–H groups in total. The summed E-state index contributed by atoms with van der Waals surface area (Å²) in [5, 5.41) is 8.88. The summed E-state index contributed by atoms with van der Waals surface area (Å²) < 4.78 is 7.44. The first-order chi connectivity index (χ1) is 11.2. The van der Waals surface area contributed by atoms with E-state index in [2.05, 4.69) is 9.88 Å². The number of benzene rings is 1. The molecule has 0 atom stereocenters. The Hall–Kier alpha value is -2.54. The molecule has 0 amide bonds. The van der Waals surface area contributed by atoms with Gasteiger partial charge >= 0.3 is 5.97 Å². The van der Waals surface area contributed by atoms with Gasteiger partial charge in [-0.15, -0.1) is 0 Å². The number of ether oxygens (including phenoxy) is 1. The van der Waals surface area contributed by atoms with Crippen LogP contribution in [0.3, 0.4) is 0 Å². The van der Waals surface area contributed by atoms with Gasteiger partial charge < -0.3 is 14.7 Å². The van der Waals surface area contributed by atoms with Crippen molar-refractivity contribution in [2.75, 3.05) is 44.7 Å². The van der Waals surface area contributed by atoms with E-state index in [0.29, 0.717) is 13.1 Å². The molecule has 7 nitrogen and oxygen atoms in total. The van der Waals surface area contributed by atoms with Crippen molar-refractivity contribution >= 4 is 11.9 Å². The normalized spacial score (nSPS) is 15.6. The van der Waals surface area contributed by atoms with Crippen LogP contribution in [0.5, 0.6) is 5.75 Å². The molecule has 0 bridgehead atoms. The highest BCUT2D eigenvalue weighted by atomic mass is 16.5. The molecular formula is C16H20N4O3. The Labute approximate surface area is 134 Å². The van der Waals surface area contributed by atoms with Crippen molar-refractivity contribution in [2.24, 2.45) is 0 Å². The van der Waals surface area contributed by atoms with Crippen molar-refractivity contribution < 1.29 is 14.6 Å². The molecule has 0 unspecified atom stereocenters. The number of carbonyl (C=O) groups is 1. The van der Waals surface area contributed by atoms with Gasteiger partial charge in [0.1, 0.15) is 5.75 Å². The van der Waals surface area contributed by atoms with Gasteiger partial charge in [0, 0.05) is 38.6 Å². The number of piperazine rings is 1. The Morgan fingerprint density at radius 2 is 2.00 bits per heavy atom. The molecule has 1 saturated heterocycles. The van der Waals surface area contributed by atoms with Gasteiger partial charge in [0.2, 0.25) is 5.95 Å². The number of nitrogens with zero attached hydrogens (tertiary/aromatic N) is 4. The molecule has 7 heteroatoms. The number of para-hydroxylation sites is 2. The van der Waals surface area contributed by atoms with E-state index in [1.165, 1.54) is 0 Å². The van der Waals surface area contributed by atoms with Gasteiger partial charge in [-0.2, -0.15) is 0 Å². The number of hydrogen-bond acceptors (Lipinski definition) is 5. The number of carboxylic acid groups (broad SMARTS) is 1. The first kappa shape index (κ1) is 15.4. The van der Waals surface area contributed by atoms with Crippen molar-refractivity contribution in [3.8, 4) is 11.4 Å². The molecule has 122 valence electrons. The zero-order valence-corrected chi connectivity index (χ0v) is 13.1. The molecule has 3 rings (SSSR count). The van der Waals surface area contributed by atoms with E-state index >= 15 is 0 Å². The molecule has 1 aromatic heterocycles. The molecule has 2 aromatic rings. The van der Waals surface area contributed by atoms with Gasteiger partial charge in [0.15, 0.2) is 0 Å². The molecule has 0 radical (unpaired) electrons. The third-order valence-electron chi connectivity index (χ3n) is 3.98. The lowest BCUT2D eigenvalue weighted by Gasteiger charge is -2.34. The van der Waals surface area contributed by atoms with Crippen molar-refractivity contribution in [3.05, 3.63) is 36.7 Å². The van der Waals surface area contributed by atoms with Gasteiger partial charge in [0.25, 0.3) is 0 Å². The molecule has 1 fully saturated rings. The monoisotopic (exact) mass is 316 g/mol. The Kier molecular flexibility index (Phi) is 4.47. The van der Waals surface area contributed by atoms with Crippen molar-refractivity contribution in [1.29, 1.82) is 0 Å². The Bertz CT molecular complexity index is 677. The van der Waals surface area contributed by atoms with Crippen LogP contribution in [0.4, 0.5) is 5.95 Å². The maximum atomic E-state index is 10.8. The van der Waals surface area contributed by atoms with E-state index in [0.717, 1.165) is 30.5 Å². The number of rotatable bonds is 5.